The molecule has 21 heavy (non-hydrogen) atoms. The Kier molecular flexibility index (Phi) is 3.85. The lowest BCUT2D eigenvalue weighted by molar-refractivity contribution is -0.151. The number of carbonyl (C=O) groups excluding carboxylic acids is 2. The number of Topliss-reactive ketones (excluding diaryl/α,β-unsaturated/α-hetero) is 1. The van der Waals surface area contributed by atoms with Crippen LogP contribution in [0, 0.1) is 0 Å². The summed E-state index contributed by atoms with van der Waals surface area (Å²) in [6, 6.07) is 0. The Morgan fingerprint density at radius 3 is 2.48 bits per heavy atom. The third-order valence-electron chi connectivity index (χ3n) is 4.85. The normalized spacial score (nSPS) is 36.1. The summed E-state index contributed by atoms with van der Waals surface area (Å²) in [4.78, 5) is 24.1. The second-order valence-electron chi connectivity index (χ2n) is 7.35. The topological polar surface area (TPSA) is 85.4 Å². The molecule has 1 heterocycles. The van der Waals surface area contributed by atoms with Gasteiger partial charge in [-0.15, -0.1) is 0 Å². The smallest absolute Gasteiger partial charge is 0.341 e. The van der Waals surface area contributed by atoms with Crippen LogP contribution in [0.5, 0.6) is 0 Å². The number of methoxy groups -OCH3 is 1. The van der Waals surface area contributed by atoms with E-state index < -0.39 is 38.2 Å². The molecule has 0 unspecified atom stereocenters. The summed E-state index contributed by atoms with van der Waals surface area (Å²) >= 11 is 0. The molecule has 120 valence electrons. The van der Waals surface area contributed by atoms with Gasteiger partial charge in [-0.05, 0) is 18.1 Å². The zero-order valence-corrected chi connectivity index (χ0v) is 14.4. The van der Waals surface area contributed by atoms with Gasteiger partial charge in [-0.25, -0.2) is 4.79 Å². The van der Waals surface area contributed by atoms with Crippen LogP contribution in [0.1, 0.15) is 27.2 Å². The van der Waals surface area contributed by atoms with Gasteiger partial charge in [0.15, 0.2) is 20.2 Å². The van der Waals surface area contributed by atoms with Crippen LogP contribution in [0.4, 0.5) is 0 Å². The van der Waals surface area contributed by atoms with E-state index in [1.54, 1.807) is 0 Å². The quantitative estimate of drug-likeness (QED) is 0.475. The molecule has 0 aromatic rings. The van der Waals surface area contributed by atoms with Crippen LogP contribution in [0.2, 0.25) is 18.1 Å². The highest BCUT2D eigenvalue weighted by atomic mass is 28.4. The predicted octanol–water partition coefficient (Wildman–Crippen LogP) is 1.02. The van der Waals surface area contributed by atoms with Crippen molar-refractivity contribution in [2.24, 2.45) is 0 Å². The summed E-state index contributed by atoms with van der Waals surface area (Å²) in [5.41, 5.74) is -1.29. The largest absolute Gasteiger partial charge is 0.467 e. The standard InChI is InChI=1S/C14H24O6Si/c1-13(2,3)21(5,6)20-10-8(15)7-14(12(17)18-4)11(19-14)9(10)16/h8,10-11,15H,7H2,1-6H3/t8-,10+,11+,14-/m1/s1. The summed E-state index contributed by atoms with van der Waals surface area (Å²) in [7, 11) is -0.958. The van der Waals surface area contributed by atoms with Gasteiger partial charge in [0.1, 0.15) is 6.10 Å². The maximum Gasteiger partial charge on any atom is 0.341 e. The number of esters is 1. The maximum atomic E-state index is 12.4. The fraction of sp³-hybridized carbons (Fsp3) is 0.857. The van der Waals surface area contributed by atoms with Crippen LogP contribution < -0.4 is 0 Å². The second kappa shape index (κ2) is 4.87. The Labute approximate surface area is 125 Å². The first-order valence-electron chi connectivity index (χ1n) is 7.12. The highest BCUT2D eigenvalue weighted by Crippen LogP contribution is 2.49. The van der Waals surface area contributed by atoms with E-state index in [0.717, 1.165) is 0 Å². The summed E-state index contributed by atoms with van der Waals surface area (Å²) in [6.07, 6.45) is -2.78. The number of fused-ring (bicyclic) bond motifs is 1. The molecule has 2 rings (SSSR count). The third-order valence-corrected chi connectivity index (χ3v) is 9.31. The predicted molar refractivity (Wildman–Crippen MR) is 77.3 cm³/mol. The van der Waals surface area contributed by atoms with Crippen molar-refractivity contribution in [3.05, 3.63) is 0 Å². The van der Waals surface area contributed by atoms with Crippen molar-refractivity contribution in [3.63, 3.8) is 0 Å². The fourth-order valence-corrected chi connectivity index (χ4v) is 3.68. The van der Waals surface area contributed by atoms with Gasteiger partial charge < -0.3 is 19.0 Å². The first-order chi connectivity index (χ1) is 9.46. The van der Waals surface area contributed by atoms with E-state index in [1.165, 1.54) is 7.11 Å². The van der Waals surface area contributed by atoms with E-state index >= 15 is 0 Å². The molecule has 0 bridgehead atoms. The van der Waals surface area contributed by atoms with Gasteiger partial charge in [-0.3, -0.25) is 4.79 Å². The average Bonchev–Trinajstić information content (AvgIpc) is 3.08. The minimum Gasteiger partial charge on any atom is -0.467 e. The molecule has 0 radical (unpaired) electrons. The van der Waals surface area contributed by atoms with Gasteiger partial charge in [-0.1, -0.05) is 20.8 Å². The lowest BCUT2D eigenvalue weighted by atomic mass is 9.84. The summed E-state index contributed by atoms with van der Waals surface area (Å²) < 4.78 is 16.0. The Morgan fingerprint density at radius 1 is 1.43 bits per heavy atom. The van der Waals surface area contributed by atoms with E-state index in [2.05, 4.69) is 25.5 Å². The highest BCUT2D eigenvalue weighted by molar-refractivity contribution is 6.74. The van der Waals surface area contributed by atoms with E-state index in [9.17, 15) is 14.7 Å². The van der Waals surface area contributed by atoms with Crippen molar-refractivity contribution >= 4 is 20.1 Å². The Balaban J connectivity index is 2.16. The number of aliphatic hydroxyl groups is 1. The van der Waals surface area contributed by atoms with Gasteiger partial charge in [0.05, 0.1) is 13.2 Å². The molecule has 1 saturated carbocycles. The van der Waals surface area contributed by atoms with Gasteiger partial charge in [0, 0.05) is 6.42 Å². The number of hydrogen-bond acceptors (Lipinski definition) is 6. The molecule has 4 atom stereocenters. The van der Waals surface area contributed by atoms with E-state index in [-0.39, 0.29) is 17.2 Å². The maximum absolute atomic E-state index is 12.4. The molecule has 1 saturated heterocycles. The van der Waals surface area contributed by atoms with Crippen LogP contribution in [-0.2, 0) is 23.5 Å². The number of aliphatic hydroxyl groups excluding tert-OH is 1. The Morgan fingerprint density at radius 2 is 2.00 bits per heavy atom. The van der Waals surface area contributed by atoms with Gasteiger partial charge in [0.2, 0.25) is 5.60 Å². The van der Waals surface area contributed by atoms with Gasteiger partial charge >= 0.3 is 5.97 Å². The first-order valence-corrected chi connectivity index (χ1v) is 10.0. The van der Waals surface area contributed by atoms with Crippen molar-refractivity contribution in [1.82, 2.24) is 0 Å². The van der Waals surface area contributed by atoms with Crippen molar-refractivity contribution < 1.29 is 28.6 Å². The van der Waals surface area contributed by atoms with Gasteiger partial charge in [0.25, 0.3) is 0 Å². The van der Waals surface area contributed by atoms with Crippen LogP contribution in [0.3, 0.4) is 0 Å². The van der Waals surface area contributed by atoms with Crippen molar-refractivity contribution in [1.29, 1.82) is 0 Å². The minimum absolute atomic E-state index is 0.0371. The minimum atomic E-state index is -2.20. The monoisotopic (exact) mass is 316 g/mol. The Bertz CT molecular complexity index is 469. The second-order valence-corrected chi connectivity index (χ2v) is 12.1. The summed E-state index contributed by atoms with van der Waals surface area (Å²) in [5.74, 6) is -0.963. The average molecular weight is 316 g/mol. The molecular formula is C14H24O6Si. The summed E-state index contributed by atoms with van der Waals surface area (Å²) in [5, 5.41) is 10.2. The van der Waals surface area contributed by atoms with E-state index in [0.29, 0.717) is 0 Å². The molecule has 0 amide bonds. The van der Waals surface area contributed by atoms with Crippen LogP contribution >= 0.6 is 0 Å². The number of hydrogen-bond donors (Lipinski definition) is 1. The highest BCUT2D eigenvalue weighted by Gasteiger charge is 2.72. The molecule has 1 N–H and O–H groups in total. The molecule has 7 heteroatoms. The number of ether oxygens (including phenoxy) is 2. The van der Waals surface area contributed by atoms with Crippen molar-refractivity contribution in [2.45, 2.75) is 69.2 Å². The molecule has 2 fully saturated rings. The first kappa shape index (κ1) is 16.6. The number of epoxide rings is 1. The van der Waals surface area contributed by atoms with Crippen LogP contribution in [0.15, 0.2) is 0 Å². The zero-order chi connectivity index (χ0) is 16.2. The van der Waals surface area contributed by atoms with Crippen molar-refractivity contribution in [2.75, 3.05) is 7.11 Å². The lowest BCUT2D eigenvalue weighted by Gasteiger charge is -2.41. The Hall–Kier alpha value is -0.763. The number of carbonyl (C=O) groups is 2. The number of rotatable bonds is 3. The lowest BCUT2D eigenvalue weighted by Crippen LogP contribution is -2.56. The third kappa shape index (κ3) is 2.56. The fourth-order valence-electron chi connectivity index (χ4n) is 2.42. The molecule has 6 nitrogen and oxygen atoms in total. The van der Waals surface area contributed by atoms with E-state index in [4.69, 9.17) is 9.16 Å². The molecule has 0 aromatic carbocycles. The van der Waals surface area contributed by atoms with Crippen LogP contribution in [-0.4, -0.2) is 56.2 Å². The molecular weight excluding hydrogens is 292 g/mol. The molecule has 2 aliphatic rings. The molecule has 0 aromatic heterocycles. The number of ketones is 1. The SMILES string of the molecule is COC(=O)[C@@]12C[C@@H](O)[C@H](O[Si](C)(C)C(C)(C)C)C(=O)[C@@H]1O2. The van der Waals surface area contributed by atoms with E-state index in [1.807, 2.05) is 13.1 Å². The van der Waals surface area contributed by atoms with Crippen molar-refractivity contribution in [3.8, 4) is 0 Å². The van der Waals surface area contributed by atoms with Gasteiger partial charge in [-0.2, -0.15) is 0 Å². The van der Waals surface area contributed by atoms with Crippen LogP contribution in [0.25, 0.3) is 0 Å². The molecule has 1 aliphatic heterocycles. The molecule has 1 aliphatic carbocycles. The zero-order valence-electron chi connectivity index (χ0n) is 13.4. The molecule has 0 spiro atoms. The summed E-state index contributed by atoms with van der Waals surface area (Å²) in [6.45, 7) is 10.2.